The van der Waals surface area contributed by atoms with Crippen LogP contribution in [0.4, 0.5) is 5.69 Å². The minimum absolute atomic E-state index is 0.0944. The van der Waals surface area contributed by atoms with Crippen LogP contribution in [0.2, 0.25) is 0 Å². The molecule has 0 aliphatic heterocycles. The Morgan fingerprint density at radius 1 is 0.760 bits per heavy atom. The first-order chi connectivity index (χ1) is 12.2. The van der Waals surface area contributed by atoms with Gasteiger partial charge in [0.1, 0.15) is 0 Å². The molecule has 25 heavy (non-hydrogen) atoms. The SMILES string of the molecule is O=[N+]([O-])c1ccc(C=Cc2c3ccccc3nc3ccccc23)cc1. The number of hydrogen-bond acceptors (Lipinski definition) is 3. The zero-order chi connectivity index (χ0) is 17.2. The van der Waals surface area contributed by atoms with Crippen LogP contribution in [0.25, 0.3) is 34.0 Å². The van der Waals surface area contributed by atoms with Crippen LogP contribution in [0.15, 0.2) is 72.8 Å². The van der Waals surface area contributed by atoms with Gasteiger partial charge in [0.2, 0.25) is 0 Å². The molecule has 4 heteroatoms. The van der Waals surface area contributed by atoms with E-state index in [2.05, 4.69) is 12.1 Å². The van der Waals surface area contributed by atoms with Gasteiger partial charge in [-0.15, -0.1) is 0 Å². The van der Waals surface area contributed by atoms with E-state index in [0.29, 0.717) is 0 Å². The summed E-state index contributed by atoms with van der Waals surface area (Å²) >= 11 is 0. The molecule has 0 saturated carbocycles. The third-order valence-corrected chi connectivity index (χ3v) is 4.18. The van der Waals surface area contributed by atoms with Crippen molar-refractivity contribution < 1.29 is 4.92 Å². The molecule has 0 saturated heterocycles. The second kappa shape index (κ2) is 6.17. The summed E-state index contributed by atoms with van der Waals surface area (Å²) in [5.74, 6) is 0. The first kappa shape index (κ1) is 15.0. The number of nitro groups is 1. The summed E-state index contributed by atoms with van der Waals surface area (Å²) in [6, 6.07) is 22.6. The van der Waals surface area contributed by atoms with Crippen LogP contribution in [0.1, 0.15) is 11.1 Å². The molecular formula is C21H14N2O2. The molecule has 4 nitrogen and oxygen atoms in total. The number of aromatic nitrogens is 1. The van der Waals surface area contributed by atoms with Crippen LogP contribution in [-0.4, -0.2) is 9.91 Å². The molecule has 0 aliphatic rings. The van der Waals surface area contributed by atoms with Gasteiger partial charge in [0.05, 0.1) is 16.0 Å². The van der Waals surface area contributed by atoms with E-state index in [1.807, 2.05) is 48.6 Å². The van der Waals surface area contributed by atoms with Crippen molar-refractivity contribution >= 4 is 39.6 Å². The van der Waals surface area contributed by atoms with Gasteiger partial charge in [0, 0.05) is 22.9 Å². The first-order valence-electron chi connectivity index (χ1n) is 7.92. The number of nitro benzene ring substituents is 1. The molecular weight excluding hydrogens is 312 g/mol. The molecule has 0 N–H and O–H groups in total. The smallest absolute Gasteiger partial charge is 0.258 e. The zero-order valence-electron chi connectivity index (χ0n) is 13.3. The lowest BCUT2D eigenvalue weighted by atomic mass is 10.0. The molecule has 0 spiro atoms. The number of pyridine rings is 1. The number of nitrogens with zero attached hydrogens (tertiary/aromatic N) is 2. The van der Waals surface area contributed by atoms with Crippen molar-refractivity contribution in [3.63, 3.8) is 0 Å². The molecule has 0 unspecified atom stereocenters. The summed E-state index contributed by atoms with van der Waals surface area (Å²) in [5, 5.41) is 12.9. The van der Waals surface area contributed by atoms with E-state index in [-0.39, 0.29) is 5.69 Å². The van der Waals surface area contributed by atoms with Gasteiger partial charge >= 0.3 is 0 Å². The molecule has 1 aromatic heterocycles. The highest BCUT2D eigenvalue weighted by atomic mass is 16.6. The van der Waals surface area contributed by atoms with Crippen LogP contribution < -0.4 is 0 Å². The number of rotatable bonds is 3. The molecule has 1 heterocycles. The van der Waals surface area contributed by atoms with Crippen molar-refractivity contribution in [2.24, 2.45) is 0 Å². The van der Waals surface area contributed by atoms with Crippen molar-refractivity contribution in [3.8, 4) is 0 Å². The maximum atomic E-state index is 10.8. The highest BCUT2D eigenvalue weighted by molar-refractivity contribution is 6.04. The molecule has 120 valence electrons. The molecule has 3 aromatic carbocycles. The highest BCUT2D eigenvalue weighted by Gasteiger charge is 2.06. The summed E-state index contributed by atoms with van der Waals surface area (Å²) in [6.45, 7) is 0. The van der Waals surface area contributed by atoms with Gasteiger partial charge in [-0.3, -0.25) is 10.1 Å². The monoisotopic (exact) mass is 326 g/mol. The molecule has 0 radical (unpaired) electrons. The van der Waals surface area contributed by atoms with Gasteiger partial charge in [-0.05, 0) is 35.4 Å². The van der Waals surface area contributed by atoms with Crippen LogP contribution in [0.5, 0.6) is 0 Å². The average molecular weight is 326 g/mol. The standard InChI is InChI=1S/C21H14N2O2/c24-23(25)16-12-9-15(10-13-16)11-14-17-18-5-1-3-7-20(18)22-21-8-4-2-6-19(17)21/h1-14H. The van der Waals surface area contributed by atoms with Crippen molar-refractivity contribution in [2.75, 3.05) is 0 Å². The molecule has 0 atom stereocenters. The largest absolute Gasteiger partial charge is 0.269 e. The second-order valence-corrected chi connectivity index (χ2v) is 5.74. The fraction of sp³-hybridized carbons (Fsp3) is 0. The van der Waals surface area contributed by atoms with Gasteiger partial charge in [-0.1, -0.05) is 48.6 Å². The van der Waals surface area contributed by atoms with E-state index in [1.165, 1.54) is 12.1 Å². The Morgan fingerprint density at radius 2 is 1.32 bits per heavy atom. The first-order valence-corrected chi connectivity index (χ1v) is 7.92. The Bertz CT molecular complexity index is 1060. The van der Waals surface area contributed by atoms with Gasteiger partial charge in [-0.2, -0.15) is 0 Å². The molecule has 0 aliphatic carbocycles. The minimum atomic E-state index is -0.391. The Kier molecular flexibility index (Phi) is 3.71. The van der Waals surface area contributed by atoms with Crippen molar-refractivity contribution in [2.45, 2.75) is 0 Å². The van der Waals surface area contributed by atoms with Gasteiger partial charge in [0.25, 0.3) is 5.69 Å². The van der Waals surface area contributed by atoms with Crippen molar-refractivity contribution in [1.82, 2.24) is 4.98 Å². The molecule has 4 aromatic rings. The molecule has 4 rings (SSSR count). The maximum Gasteiger partial charge on any atom is 0.269 e. The lowest BCUT2D eigenvalue weighted by Crippen LogP contribution is -1.88. The summed E-state index contributed by atoms with van der Waals surface area (Å²) in [6.07, 6.45) is 4.02. The molecule has 0 amide bonds. The zero-order valence-corrected chi connectivity index (χ0v) is 13.3. The fourth-order valence-electron chi connectivity index (χ4n) is 2.94. The van der Waals surface area contributed by atoms with Crippen molar-refractivity contribution in [1.29, 1.82) is 0 Å². The predicted octanol–water partition coefficient (Wildman–Crippen LogP) is 5.47. The van der Waals surface area contributed by atoms with Gasteiger partial charge < -0.3 is 0 Å². The third kappa shape index (κ3) is 2.85. The topological polar surface area (TPSA) is 56.0 Å². The lowest BCUT2D eigenvalue weighted by Gasteiger charge is -2.07. The Hall–Kier alpha value is -3.53. The van der Waals surface area contributed by atoms with Crippen molar-refractivity contribution in [3.05, 3.63) is 94.0 Å². The summed E-state index contributed by atoms with van der Waals surface area (Å²) < 4.78 is 0. The van der Waals surface area contributed by atoms with E-state index in [1.54, 1.807) is 12.1 Å². The quantitative estimate of drug-likeness (QED) is 0.285. The lowest BCUT2D eigenvalue weighted by molar-refractivity contribution is -0.384. The van der Waals surface area contributed by atoms with E-state index in [0.717, 1.165) is 32.9 Å². The molecule has 0 fully saturated rings. The second-order valence-electron chi connectivity index (χ2n) is 5.74. The highest BCUT2D eigenvalue weighted by Crippen LogP contribution is 2.27. The number of para-hydroxylation sites is 2. The molecule has 0 bridgehead atoms. The van der Waals surface area contributed by atoms with Crippen LogP contribution in [0, 0.1) is 10.1 Å². The number of benzene rings is 3. The summed E-state index contributed by atoms with van der Waals surface area (Å²) in [5.41, 5.74) is 4.00. The van der Waals surface area contributed by atoms with E-state index >= 15 is 0 Å². The van der Waals surface area contributed by atoms with E-state index in [9.17, 15) is 10.1 Å². The maximum absolute atomic E-state index is 10.8. The fourth-order valence-corrected chi connectivity index (χ4v) is 2.94. The van der Waals surface area contributed by atoms with Crippen LogP contribution in [-0.2, 0) is 0 Å². The predicted molar refractivity (Wildman–Crippen MR) is 101 cm³/mol. The normalized spacial score (nSPS) is 11.4. The van der Waals surface area contributed by atoms with E-state index in [4.69, 9.17) is 4.98 Å². The number of hydrogen-bond donors (Lipinski definition) is 0. The third-order valence-electron chi connectivity index (χ3n) is 4.18. The summed E-state index contributed by atoms with van der Waals surface area (Å²) in [7, 11) is 0. The number of non-ortho nitro benzene ring substituents is 1. The minimum Gasteiger partial charge on any atom is -0.258 e. The van der Waals surface area contributed by atoms with Gasteiger partial charge in [0.15, 0.2) is 0 Å². The Labute approximate surface area is 144 Å². The van der Waals surface area contributed by atoms with Crippen LogP contribution in [0.3, 0.4) is 0 Å². The number of fused-ring (bicyclic) bond motifs is 2. The Morgan fingerprint density at radius 3 is 1.88 bits per heavy atom. The summed E-state index contributed by atoms with van der Waals surface area (Å²) in [4.78, 5) is 15.1. The average Bonchev–Trinajstić information content (AvgIpc) is 2.65. The Balaban J connectivity index is 1.85. The van der Waals surface area contributed by atoms with E-state index < -0.39 is 4.92 Å². The van der Waals surface area contributed by atoms with Gasteiger partial charge in [-0.25, -0.2) is 4.98 Å². The van der Waals surface area contributed by atoms with Crippen LogP contribution >= 0.6 is 0 Å².